The number of benzene rings is 1. The summed E-state index contributed by atoms with van der Waals surface area (Å²) in [4.78, 5) is 41.1. The normalized spacial score (nSPS) is 14.6. The number of amides is 3. The summed E-state index contributed by atoms with van der Waals surface area (Å²) in [6.07, 6.45) is 0. The van der Waals surface area contributed by atoms with Crippen LogP contribution in [0, 0.1) is 6.92 Å². The Bertz CT molecular complexity index is 662. The van der Waals surface area contributed by atoms with Crippen molar-refractivity contribution in [3.63, 3.8) is 0 Å². The molecule has 0 aliphatic carbocycles. The van der Waals surface area contributed by atoms with Gasteiger partial charge >= 0.3 is 11.8 Å². The topological polar surface area (TPSA) is 73.0 Å². The van der Waals surface area contributed by atoms with E-state index in [4.69, 9.17) is 0 Å². The van der Waals surface area contributed by atoms with Crippen LogP contribution >= 0.6 is 0 Å². The molecule has 1 saturated heterocycles. The number of nitrogens with one attached hydrogen (secondary N) is 1. The van der Waals surface area contributed by atoms with Crippen molar-refractivity contribution in [3.8, 4) is 0 Å². The van der Waals surface area contributed by atoms with Crippen molar-refractivity contribution in [2.24, 2.45) is 0 Å². The lowest BCUT2D eigenvalue weighted by atomic mass is 10.2. The molecule has 1 fully saturated rings. The number of carbonyl (C=O) groups is 3. The fourth-order valence-electron chi connectivity index (χ4n) is 3.09. The van der Waals surface area contributed by atoms with Crippen LogP contribution in [0.2, 0.25) is 0 Å². The zero-order chi connectivity index (χ0) is 19.1. The molecule has 7 heteroatoms. The summed E-state index contributed by atoms with van der Waals surface area (Å²) >= 11 is 0. The molecule has 1 aliphatic rings. The Labute approximate surface area is 154 Å². The molecule has 3 amide bonds. The number of rotatable bonds is 8. The van der Waals surface area contributed by atoms with Crippen LogP contribution < -0.4 is 10.2 Å². The van der Waals surface area contributed by atoms with Gasteiger partial charge in [-0.3, -0.25) is 14.4 Å². The third kappa shape index (κ3) is 4.74. The van der Waals surface area contributed by atoms with Gasteiger partial charge in [-0.25, -0.2) is 0 Å². The average molecular weight is 360 g/mol. The van der Waals surface area contributed by atoms with Crippen LogP contribution in [0.5, 0.6) is 0 Å². The molecule has 0 unspecified atom stereocenters. The second kappa shape index (κ2) is 9.22. The number of anilines is 1. The summed E-state index contributed by atoms with van der Waals surface area (Å²) < 4.78 is 0. The molecule has 0 bridgehead atoms. The molecule has 1 heterocycles. The summed E-state index contributed by atoms with van der Waals surface area (Å²) in [7, 11) is 0. The van der Waals surface area contributed by atoms with E-state index in [9.17, 15) is 14.4 Å². The summed E-state index contributed by atoms with van der Waals surface area (Å²) in [6.45, 7) is 9.30. The summed E-state index contributed by atoms with van der Waals surface area (Å²) in [6, 6.07) is 8.14. The molecule has 1 aliphatic heterocycles. The lowest BCUT2D eigenvalue weighted by Gasteiger charge is -2.32. The first kappa shape index (κ1) is 19.8. The Morgan fingerprint density at radius 1 is 1.12 bits per heavy atom. The first-order valence-corrected chi connectivity index (χ1v) is 9.13. The molecule has 0 spiro atoms. The Morgan fingerprint density at radius 3 is 2.42 bits per heavy atom. The smallest absolute Gasteiger partial charge is 0.312 e. The van der Waals surface area contributed by atoms with Crippen molar-refractivity contribution in [3.05, 3.63) is 29.8 Å². The number of nitrogens with zero attached hydrogens (tertiary/aromatic N) is 3. The highest BCUT2D eigenvalue weighted by molar-refractivity contribution is 6.35. The molecule has 26 heavy (non-hydrogen) atoms. The van der Waals surface area contributed by atoms with Crippen molar-refractivity contribution in [1.82, 2.24) is 15.1 Å². The minimum atomic E-state index is -0.594. The minimum absolute atomic E-state index is 0.0708. The molecule has 0 atom stereocenters. The van der Waals surface area contributed by atoms with E-state index >= 15 is 0 Å². The molecule has 7 nitrogen and oxygen atoms in total. The van der Waals surface area contributed by atoms with E-state index in [2.05, 4.69) is 36.2 Å². The third-order valence-electron chi connectivity index (χ3n) is 4.66. The Kier molecular flexibility index (Phi) is 7.00. The van der Waals surface area contributed by atoms with Crippen molar-refractivity contribution < 1.29 is 14.4 Å². The van der Waals surface area contributed by atoms with Crippen LogP contribution in [0.25, 0.3) is 0 Å². The predicted octanol–water partition coefficient (Wildman–Crippen LogP) is 0.628. The lowest BCUT2D eigenvalue weighted by molar-refractivity contribution is -0.156. The van der Waals surface area contributed by atoms with Gasteiger partial charge in [-0.05, 0) is 32.4 Å². The maximum absolute atomic E-state index is 12.1. The number of piperazine rings is 1. The van der Waals surface area contributed by atoms with Gasteiger partial charge in [0.25, 0.3) is 0 Å². The highest BCUT2D eigenvalue weighted by Gasteiger charge is 2.32. The monoisotopic (exact) mass is 360 g/mol. The zero-order valence-corrected chi connectivity index (χ0v) is 15.8. The molecule has 1 aromatic carbocycles. The fourth-order valence-corrected chi connectivity index (χ4v) is 3.09. The Morgan fingerprint density at radius 2 is 1.77 bits per heavy atom. The van der Waals surface area contributed by atoms with E-state index in [0.717, 1.165) is 12.2 Å². The molecule has 142 valence electrons. The van der Waals surface area contributed by atoms with E-state index in [0.29, 0.717) is 32.7 Å². The molecular weight excluding hydrogens is 332 g/mol. The quantitative estimate of drug-likeness (QED) is 0.690. The number of likely N-dealkylation sites (N-methyl/N-ethyl adjacent to an activating group) is 2. The van der Waals surface area contributed by atoms with Gasteiger partial charge in [0.2, 0.25) is 5.91 Å². The molecule has 0 saturated carbocycles. The van der Waals surface area contributed by atoms with Gasteiger partial charge in [0, 0.05) is 45.0 Å². The highest BCUT2D eigenvalue weighted by atomic mass is 16.2. The van der Waals surface area contributed by atoms with Crippen LogP contribution in [0.3, 0.4) is 0 Å². The Hall–Kier alpha value is -2.57. The van der Waals surface area contributed by atoms with Crippen molar-refractivity contribution >= 4 is 23.4 Å². The first-order chi connectivity index (χ1) is 12.5. The SMILES string of the molecule is CCN1CCN(CC(=O)NCCN(CC)c2ccccc2C)C(=O)C1=O. The van der Waals surface area contributed by atoms with E-state index in [-0.39, 0.29) is 12.5 Å². The Balaban J connectivity index is 1.81. The van der Waals surface area contributed by atoms with Crippen LogP contribution in [0.1, 0.15) is 19.4 Å². The van der Waals surface area contributed by atoms with Crippen LogP contribution in [0.4, 0.5) is 5.69 Å². The van der Waals surface area contributed by atoms with E-state index < -0.39 is 11.8 Å². The molecule has 0 aromatic heterocycles. The van der Waals surface area contributed by atoms with Gasteiger partial charge in [0.15, 0.2) is 0 Å². The second-order valence-corrected chi connectivity index (χ2v) is 6.33. The first-order valence-electron chi connectivity index (χ1n) is 9.13. The summed E-state index contributed by atoms with van der Waals surface area (Å²) in [5.74, 6) is -1.36. The van der Waals surface area contributed by atoms with Crippen molar-refractivity contribution in [2.75, 3.05) is 50.7 Å². The lowest BCUT2D eigenvalue weighted by Crippen LogP contribution is -2.56. The van der Waals surface area contributed by atoms with Crippen molar-refractivity contribution in [1.29, 1.82) is 0 Å². The van der Waals surface area contributed by atoms with Crippen LogP contribution in [0.15, 0.2) is 24.3 Å². The maximum atomic E-state index is 12.1. The minimum Gasteiger partial charge on any atom is -0.370 e. The van der Waals surface area contributed by atoms with Gasteiger partial charge < -0.3 is 20.0 Å². The van der Waals surface area contributed by atoms with Crippen molar-refractivity contribution in [2.45, 2.75) is 20.8 Å². The number of para-hydroxylation sites is 1. The molecule has 1 N–H and O–H groups in total. The zero-order valence-electron chi connectivity index (χ0n) is 15.8. The van der Waals surface area contributed by atoms with Gasteiger partial charge in [-0.2, -0.15) is 0 Å². The standard InChI is InChI=1S/C19H28N4O3/c1-4-21(16-9-7-6-8-15(16)3)11-10-20-17(24)14-23-13-12-22(5-2)18(25)19(23)26/h6-9H,4-5,10-14H2,1-3H3,(H,20,24). The molecule has 0 radical (unpaired) electrons. The highest BCUT2D eigenvalue weighted by Crippen LogP contribution is 2.18. The van der Waals surface area contributed by atoms with E-state index in [1.807, 2.05) is 19.1 Å². The van der Waals surface area contributed by atoms with Crippen LogP contribution in [-0.4, -0.2) is 73.3 Å². The van der Waals surface area contributed by atoms with Crippen LogP contribution in [-0.2, 0) is 14.4 Å². The van der Waals surface area contributed by atoms with Gasteiger partial charge in [-0.15, -0.1) is 0 Å². The fraction of sp³-hybridized carbons (Fsp3) is 0.526. The maximum Gasteiger partial charge on any atom is 0.312 e. The predicted molar refractivity (Wildman–Crippen MR) is 101 cm³/mol. The molecule has 2 rings (SSSR count). The third-order valence-corrected chi connectivity index (χ3v) is 4.66. The average Bonchev–Trinajstić information content (AvgIpc) is 2.64. The van der Waals surface area contributed by atoms with Gasteiger partial charge in [-0.1, -0.05) is 18.2 Å². The van der Waals surface area contributed by atoms with E-state index in [1.165, 1.54) is 15.4 Å². The van der Waals surface area contributed by atoms with Gasteiger partial charge in [0.05, 0.1) is 0 Å². The summed E-state index contributed by atoms with van der Waals surface area (Å²) in [5.41, 5.74) is 2.35. The number of carbonyl (C=O) groups excluding carboxylic acids is 3. The van der Waals surface area contributed by atoms with Gasteiger partial charge in [0.1, 0.15) is 6.54 Å². The number of hydrogen-bond donors (Lipinski definition) is 1. The largest absolute Gasteiger partial charge is 0.370 e. The summed E-state index contributed by atoms with van der Waals surface area (Å²) in [5, 5.41) is 2.85. The second-order valence-electron chi connectivity index (χ2n) is 6.33. The van der Waals surface area contributed by atoms with E-state index in [1.54, 1.807) is 0 Å². The molecular formula is C19H28N4O3. The number of hydrogen-bond acceptors (Lipinski definition) is 4. The molecule has 1 aromatic rings. The number of aryl methyl sites for hydroxylation is 1.